The first-order valence-electron chi connectivity index (χ1n) is 8.94. The molecule has 1 atom stereocenters. The fraction of sp³-hybridized carbons (Fsp3) is 0.381. The minimum absolute atomic E-state index is 0.00802. The van der Waals surface area contributed by atoms with E-state index in [0.29, 0.717) is 12.1 Å². The fourth-order valence-corrected chi connectivity index (χ4v) is 3.48. The highest BCUT2D eigenvalue weighted by atomic mass is 19.1. The molecule has 0 N–H and O–H groups in total. The highest BCUT2D eigenvalue weighted by Crippen LogP contribution is 2.32. The van der Waals surface area contributed by atoms with Gasteiger partial charge in [0.15, 0.2) is 0 Å². The van der Waals surface area contributed by atoms with Gasteiger partial charge in [0.1, 0.15) is 11.6 Å². The van der Waals surface area contributed by atoms with Gasteiger partial charge >= 0.3 is 0 Å². The monoisotopic (exact) mass is 356 g/mol. The molecule has 26 heavy (non-hydrogen) atoms. The van der Waals surface area contributed by atoms with Gasteiger partial charge in [0, 0.05) is 25.2 Å². The minimum atomic E-state index is -0.274. The second-order valence-electron chi connectivity index (χ2n) is 6.74. The Bertz CT molecular complexity index is 748. The number of ether oxygens (including phenoxy) is 1. The van der Waals surface area contributed by atoms with Gasteiger partial charge in [-0.05, 0) is 43.1 Å². The third kappa shape index (κ3) is 4.22. The van der Waals surface area contributed by atoms with Crippen LogP contribution in [0.15, 0.2) is 48.5 Å². The maximum absolute atomic E-state index is 13.8. The zero-order valence-corrected chi connectivity index (χ0v) is 15.3. The SMILES string of the molecule is COc1ccc(C2CCCN2CC(=O)N(C)Cc2ccccc2F)cc1. The standard InChI is InChI=1S/C21H25FN2O2/c1-23(14-17-6-3-4-7-19(17)22)21(25)15-24-13-5-8-20(24)16-9-11-18(26-2)12-10-16/h3-4,6-7,9-12,20H,5,8,13-15H2,1-2H3. The Hall–Kier alpha value is -2.40. The Labute approximate surface area is 154 Å². The number of methoxy groups -OCH3 is 1. The van der Waals surface area contributed by atoms with Crippen molar-refractivity contribution in [3.63, 3.8) is 0 Å². The van der Waals surface area contributed by atoms with Crippen molar-refractivity contribution in [1.29, 1.82) is 0 Å². The van der Waals surface area contributed by atoms with E-state index < -0.39 is 0 Å². The van der Waals surface area contributed by atoms with Gasteiger partial charge in [-0.1, -0.05) is 30.3 Å². The molecule has 2 aromatic rings. The molecular weight excluding hydrogens is 331 g/mol. The van der Waals surface area contributed by atoms with Gasteiger partial charge in [-0.15, -0.1) is 0 Å². The Kier molecular flexibility index (Phi) is 5.89. The maximum Gasteiger partial charge on any atom is 0.236 e. The van der Waals surface area contributed by atoms with E-state index in [9.17, 15) is 9.18 Å². The molecule has 1 aliphatic heterocycles. The number of benzene rings is 2. The Balaban J connectivity index is 1.62. The first-order chi connectivity index (χ1) is 12.6. The van der Waals surface area contributed by atoms with Crippen LogP contribution in [0.5, 0.6) is 5.75 Å². The van der Waals surface area contributed by atoms with Crippen LogP contribution in [0, 0.1) is 5.82 Å². The molecule has 5 heteroatoms. The summed E-state index contributed by atoms with van der Waals surface area (Å²) in [5.74, 6) is 0.567. The summed E-state index contributed by atoms with van der Waals surface area (Å²) in [7, 11) is 3.38. The second kappa shape index (κ2) is 8.32. The first kappa shape index (κ1) is 18.4. The van der Waals surface area contributed by atoms with Crippen LogP contribution in [-0.4, -0.2) is 43.0 Å². The summed E-state index contributed by atoms with van der Waals surface area (Å²) in [4.78, 5) is 16.4. The lowest BCUT2D eigenvalue weighted by atomic mass is 10.0. The Morgan fingerprint density at radius 1 is 1.23 bits per heavy atom. The number of hydrogen-bond acceptors (Lipinski definition) is 3. The van der Waals surface area contributed by atoms with E-state index in [1.54, 1.807) is 37.3 Å². The van der Waals surface area contributed by atoms with Gasteiger partial charge in [0.05, 0.1) is 13.7 Å². The van der Waals surface area contributed by atoms with Gasteiger partial charge in [-0.3, -0.25) is 9.69 Å². The minimum Gasteiger partial charge on any atom is -0.497 e. The summed E-state index contributed by atoms with van der Waals surface area (Å²) in [5.41, 5.74) is 1.74. The fourth-order valence-electron chi connectivity index (χ4n) is 3.48. The summed E-state index contributed by atoms with van der Waals surface area (Å²) in [6.45, 7) is 1.53. The summed E-state index contributed by atoms with van der Waals surface area (Å²) in [6, 6.07) is 14.9. The smallest absolute Gasteiger partial charge is 0.236 e. The molecule has 0 spiro atoms. The molecule has 0 aliphatic carbocycles. The predicted octanol–water partition coefficient (Wildman–Crippen LogP) is 3.63. The molecule has 1 unspecified atom stereocenters. The van der Waals surface area contributed by atoms with Gasteiger partial charge in [-0.2, -0.15) is 0 Å². The van der Waals surface area contributed by atoms with Crippen molar-refractivity contribution in [2.24, 2.45) is 0 Å². The van der Waals surface area contributed by atoms with Crippen LogP contribution in [0.25, 0.3) is 0 Å². The number of carbonyl (C=O) groups is 1. The second-order valence-corrected chi connectivity index (χ2v) is 6.74. The van der Waals surface area contributed by atoms with Crippen molar-refractivity contribution in [1.82, 2.24) is 9.80 Å². The summed E-state index contributed by atoms with van der Waals surface area (Å²) in [5, 5.41) is 0. The lowest BCUT2D eigenvalue weighted by molar-refractivity contribution is -0.131. The van der Waals surface area contributed by atoms with E-state index in [4.69, 9.17) is 4.74 Å². The van der Waals surface area contributed by atoms with E-state index in [-0.39, 0.29) is 24.3 Å². The largest absolute Gasteiger partial charge is 0.497 e. The van der Waals surface area contributed by atoms with Gasteiger partial charge in [0.25, 0.3) is 0 Å². The molecular formula is C21H25FN2O2. The van der Waals surface area contributed by atoms with Crippen molar-refractivity contribution < 1.29 is 13.9 Å². The Morgan fingerprint density at radius 3 is 2.65 bits per heavy atom. The molecule has 138 valence electrons. The highest BCUT2D eigenvalue weighted by molar-refractivity contribution is 5.78. The molecule has 0 bridgehead atoms. The number of nitrogens with zero attached hydrogens (tertiary/aromatic N) is 2. The van der Waals surface area contributed by atoms with Crippen LogP contribution in [0.1, 0.15) is 30.0 Å². The molecule has 0 saturated carbocycles. The van der Waals surface area contributed by atoms with E-state index >= 15 is 0 Å². The number of hydrogen-bond donors (Lipinski definition) is 0. The number of likely N-dealkylation sites (N-methyl/N-ethyl adjacent to an activating group) is 1. The van der Waals surface area contributed by atoms with Crippen molar-refractivity contribution in [2.75, 3.05) is 27.2 Å². The lowest BCUT2D eigenvalue weighted by Gasteiger charge is -2.27. The van der Waals surface area contributed by atoms with Crippen LogP contribution in [0.3, 0.4) is 0 Å². The summed E-state index contributed by atoms with van der Waals surface area (Å²) >= 11 is 0. The zero-order valence-electron chi connectivity index (χ0n) is 15.3. The van der Waals surface area contributed by atoms with Crippen LogP contribution < -0.4 is 4.74 Å². The van der Waals surface area contributed by atoms with Gasteiger partial charge < -0.3 is 9.64 Å². The van der Waals surface area contributed by atoms with Gasteiger partial charge in [-0.25, -0.2) is 4.39 Å². The van der Waals surface area contributed by atoms with E-state index in [1.807, 2.05) is 12.1 Å². The number of rotatable bonds is 6. The molecule has 0 radical (unpaired) electrons. The molecule has 1 aliphatic rings. The normalized spacial score (nSPS) is 17.3. The van der Waals surface area contributed by atoms with Crippen molar-refractivity contribution >= 4 is 5.91 Å². The number of carbonyl (C=O) groups excluding carboxylic acids is 1. The number of amides is 1. The lowest BCUT2D eigenvalue weighted by Crippen LogP contribution is -2.38. The average molecular weight is 356 g/mol. The Morgan fingerprint density at radius 2 is 1.96 bits per heavy atom. The van der Waals surface area contributed by atoms with Crippen LogP contribution in [0.2, 0.25) is 0 Å². The molecule has 2 aromatic carbocycles. The third-order valence-electron chi connectivity index (χ3n) is 4.99. The molecule has 4 nitrogen and oxygen atoms in total. The van der Waals surface area contributed by atoms with E-state index in [0.717, 1.165) is 25.1 Å². The zero-order chi connectivity index (χ0) is 18.5. The van der Waals surface area contributed by atoms with Crippen LogP contribution >= 0.6 is 0 Å². The first-order valence-corrected chi connectivity index (χ1v) is 8.94. The van der Waals surface area contributed by atoms with Crippen LogP contribution in [-0.2, 0) is 11.3 Å². The third-order valence-corrected chi connectivity index (χ3v) is 4.99. The highest BCUT2D eigenvalue weighted by Gasteiger charge is 2.28. The topological polar surface area (TPSA) is 32.8 Å². The van der Waals surface area contributed by atoms with E-state index in [1.165, 1.54) is 11.6 Å². The molecule has 0 aromatic heterocycles. The predicted molar refractivity (Wildman–Crippen MR) is 99.4 cm³/mol. The van der Waals surface area contributed by atoms with Gasteiger partial charge in [0.2, 0.25) is 5.91 Å². The quantitative estimate of drug-likeness (QED) is 0.792. The molecule has 1 amide bonds. The maximum atomic E-state index is 13.8. The van der Waals surface area contributed by atoms with Crippen molar-refractivity contribution in [3.05, 3.63) is 65.5 Å². The molecule has 1 fully saturated rings. The van der Waals surface area contributed by atoms with Crippen LogP contribution in [0.4, 0.5) is 4.39 Å². The van der Waals surface area contributed by atoms with Crippen molar-refractivity contribution in [2.45, 2.75) is 25.4 Å². The molecule has 3 rings (SSSR count). The van der Waals surface area contributed by atoms with E-state index in [2.05, 4.69) is 17.0 Å². The molecule has 1 heterocycles. The number of likely N-dealkylation sites (tertiary alicyclic amines) is 1. The summed E-state index contributed by atoms with van der Waals surface area (Å²) in [6.07, 6.45) is 2.11. The summed E-state index contributed by atoms with van der Waals surface area (Å²) < 4.78 is 19.0. The number of halogens is 1. The average Bonchev–Trinajstić information content (AvgIpc) is 3.11. The van der Waals surface area contributed by atoms with Crippen molar-refractivity contribution in [3.8, 4) is 5.75 Å². The molecule has 1 saturated heterocycles.